The van der Waals surface area contributed by atoms with Gasteiger partial charge in [-0.1, -0.05) is 0 Å². The number of rotatable bonds is 3. The number of hydrogen-bond acceptors (Lipinski definition) is 3. The standard InChI is InChI=1S/C10H15NO3/c1-4-13-10(12)11(3)7-9-5-6-14-8(9)2/h5-6H,4,7H2,1-3H3. The molecule has 1 heterocycles. The maximum atomic E-state index is 11.3. The number of furan rings is 1. The molecule has 0 fully saturated rings. The van der Waals surface area contributed by atoms with Crippen molar-refractivity contribution in [3.63, 3.8) is 0 Å². The van der Waals surface area contributed by atoms with E-state index in [1.807, 2.05) is 13.0 Å². The Balaban J connectivity index is 2.52. The van der Waals surface area contributed by atoms with Crippen molar-refractivity contribution in [2.75, 3.05) is 13.7 Å². The van der Waals surface area contributed by atoms with Gasteiger partial charge in [0.1, 0.15) is 5.76 Å². The molecule has 0 aliphatic carbocycles. The maximum absolute atomic E-state index is 11.3. The molecule has 1 amide bonds. The Bertz CT molecular complexity index is 306. The van der Waals surface area contributed by atoms with Crippen LogP contribution in [-0.4, -0.2) is 24.6 Å². The van der Waals surface area contributed by atoms with Crippen LogP contribution in [-0.2, 0) is 11.3 Å². The molecule has 1 rings (SSSR count). The van der Waals surface area contributed by atoms with Gasteiger partial charge in [0.25, 0.3) is 0 Å². The molecule has 0 atom stereocenters. The van der Waals surface area contributed by atoms with Gasteiger partial charge in [-0.15, -0.1) is 0 Å². The predicted octanol–water partition coefficient (Wildman–Crippen LogP) is 2.18. The van der Waals surface area contributed by atoms with Gasteiger partial charge in [-0.3, -0.25) is 0 Å². The second-order valence-corrected chi connectivity index (χ2v) is 3.06. The summed E-state index contributed by atoms with van der Waals surface area (Å²) in [7, 11) is 1.70. The lowest BCUT2D eigenvalue weighted by Gasteiger charge is -2.15. The van der Waals surface area contributed by atoms with E-state index < -0.39 is 0 Å². The lowest BCUT2D eigenvalue weighted by molar-refractivity contribution is 0.114. The van der Waals surface area contributed by atoms with Crippen molar-refractivity contribution in [1.82, 2.24) is 4.90 Å². The molecule has 1 aromatic rings. The molecule has 4 nitrogen and oxygen atoms in total. The first-order valence-electron chi connectivity index (χ1n) is 4.56. The Labute approximate surface area is 83.5 Å². The maximum Gasteiger partial charge on any atom is 0.409 e. The number of hydrogen-bond donors (Lipinski definition) is 0. The van der Waals surface area contributed by atoms with Gasteiger partial charge in [0.15, 0.2) is 0 Å². The average molecular weight is 197 g/mol. The van der Waals surface area contributed by atoms with Crippen molar-refractivity contribution < 1.29 is 13.9 Å². The lowest BCUT2D eigenvalue weighted by atomic mass is 10.2. The second-order valence-electron chi connectivity index (χ2n) is 3.06. The van der Waals surface area contributed by atoms with Crippen molar-refractivity contribution in [3.05, 3.63) is 23.7 Å². The largest absolute Gasteiger partial charge is 0.469 e. The van der Waals surface area contributed by atoms with Crippen molar-refractivity contribution in [3.8, 4) is 0 Å². The predicted molar refractivity (Wildman–Crippen MR) is 51.9 cm³/mol. The summed E-state index contributed by atoms with van der Waals surface area (Å²) in [5.74, 6) is 0.834. The Morgan fingerprint density at radius 3 is 2.86 bits per heavy atom. The smallest absolute Gasteiger partial charge is 0.409 e. The van der Waals surface area contributed by atoms with Crippen LogP contribution < -0.4 is 0 Å². The quantitative estimate of drug-likeness (QED) is 0.745. The van der Waals surface area contributed by atoms with E-state index >= 15 is 0 Å². The summed E-state index contributed by atoms with van der Waals surface area (Å²) in [6.45, 7) is 4.57. The molecule has 1 aromatic heterocycles. The summed E-state index contributed by atoms with van der Waals surface area (Å²) in [6.07, 6.45) is 1.30. The van der Waals surface area contributed by atoms with Crippen LogP contribution in [0.15, 0.2) is 16.7 Å². The fraction of sp³-hybridized carbons (Fsp3) is 0.500. The van der Waals surface area contributed by atoms with Crippen molar-refractivity contribution in [1.29, 1.82) is 0 Å². The van der Waals surface area contributed by atoms with Crippen LogP contribution >= 0.6 is 0 Å². The lowest BCUT2D eigenvalue weighted by Crippen LogP contribution is -2.26. The van der Waals surface area contributed by atoms with Gasteiger partial charge < -0.3 is 14.1 Å². The molecule has 0 aliphatic heterocycles. The van der Waals surface area contributed by atoms with E-state index in [4.69, 9.17) is 9.15 Å². The van der Waals surface area contributed by atoms with Gasteiger partial charge in [0, 0.05) is 12.6 Å². The molecule has 0 saturated heterocycles. The van der Waals surface area contributed by atoms with Crippen LogP contribution in [0.25, 0.3) is 0 Å². The molecular weight excluding hydrogens is 182 g/mol. The minimum atomic E-state index is -0.312. The van der Waals surface area contributed by atoms with Gasteiger partial charge in [0.05, 0.1) is 19.4 Å². The van der Waals surface area contributed by atoms with Gasteiger partial charge in [-0.2, -0.15) is 0 Å². The van der Waals surface area contributed by atoms with Crippen LogP contribution in [0.3, 0.4) is 0 Å². The molecule has 0 spiro atoms. The zero-order valence-electron chi connectivity index (χ0n) is 8.74. The van der Waals surface area contributed by atoms with E-state index in [0.717, 1.165) is 11.3 Å². The Morgan fingerprint density at radius 2 is 2.36 bits per heavy atom. The molecule has 0 saturated carbocycles. The summed E-state index contributed by atoms with van der Waals surface area (Å²) in [5, 5.41) is 0. The number of carbonyl (C=O) groups excluding carboxylic acids is 1. The first-order chi connectivity index (χ1) is 6.65. The van der Waals surface area contributed by atoms with E-state index in [0.29, 0.717) is 13.2 Å². The van der Waals surface area contributed by atoms with Gasteiger partial charge >= 0.3 is 6.09 Å². The minimum Gasteiger partial charge on any atom is -0.469 e. The molecule has 0 bridgehead atoms. The minimum absolute atomic E-state index is 0.312. The highest BCUT2D eigenvalue weighted by atomic mass is 16.5. The highest BCUT2D eigenvalue weighted by Crippen LogP contribution is 2.11. The average Bonchev–Trinajstić information content (AvgIpc) is 2.52. The highest BCUT2D eigenvalue weighted by Gasteiger charge is 2.11. The fourth-order valence-electron chi connectivity index (χ4n) is 1.13. The zero-order chi connectivity index (χ0) is 10.6. The molecule has 0 radical (unpaired) electrons. The molecule has 0 N–H and O–H groups in total. The first-order valence-corrected chi connectivity index (χ1v) is 4.56. The Hall–Kier alpha value is -1.45. The highest BCUT2D eigenvalue weighted by molar-refractivity contribution is 5.67. The molecule has 0 aromatic carbocycles. The van der Waals surface area contributed by atoms with Crippen LogP contribution in [0.5, 0.6) is 0 Å². The SMILES string of the molecule is CCOC(=O)N(C)Cc1ccoc1C. The monoisotopic (exact) mass is 197 g/mol. The van der Waals surface area contributed by atoms with Crippen LogP contribution in [0.2, 0.25) is 0 Å². The first kappa shape index (κ1) is 10.6. The fourth-order valence-corrected chi connectivity index (χ4v) is 1.13. The third kappa shape index (κ3) is 2.52. The molecule has 14 heavy (non-hydrogen) atoms. The number of amides is 1. The summed E-state index contributed by atoms with van der Waals surface area (Å²) in [6, 6.07) is 1.85. The van der Waals surface area contributed by atoms with E-state index in [1.165, 1.54) is 4.90 Å². The zero-order valence-corrected chi connectivity index (χ0v) is 8.74. The molecule has 0 aliphatic rings. The third-order valence-corrected chi connectivity index (χ3v) is 1.95. The van der Waals surface area contributed by atoms with Crippen molar-refractivity contribution >= 4 is 6.09 Å². The summed E-state index contributed by atoms with van der Waals surface area (Å²) >= 11 is 0. The second kappa shape index (κ2) is 4.69. The van der Waals surface area contributed by atoms with E-state index in [2.05, 4.69) is 0 Å². The van der Waals surface area contributed by atoms with Crippen LogP contribution in [0.1, 0.15) is 18.2 Å². The topological polar surface area (TPSA) is 42.7 Å². The number of nitrogens with zero attached hydrogens (tertiary/aromatic N) is 1. The normalized spacial score (nSPS) is 9.93. The summed E-state index contributed by atoms with van der Waals surface area (Å²) in [4.78, 5) is 12.8. The number of aryl methyl sites for hydroxylation is 1. The van der Waals surface area contributed by atoms with E-state index in [1.54, 1.807) is 20.2 Å². The van der Waals surface area contributed by atoms with Crippen molar-refractivity contribution in [2.45, 2.75) is 20.4 Å². The number of ether oxygens (including phenoxy) is 1. The van der Waals surface area contributed by atoms with E-state index in [9.17, 15) is 4.79 Å². The molecule has 0 unspecified atom stereocenters. The number of carbonyl (C=O) groups is 1. The molecular formula is C10H15NO3. The van der Waals surface area contributed by atoms with Crippen LogP contribution in [0, 0.1) is 6.92 Å². The van der Waals surface area contributed by atoms with Gasteiger partial charge in [0.2, 0.25) is 0 Å². The Morgan fingerprint density at radius 1 is 1.64 bits per heavy atom. The summed E-state index contributed by atoms with van der Waals surface area (Å²) < 4.78 is 9.97. The third-order valence-electron chi connectivity index (χ3n) is 1.95. The Kier molecular flexibility index (Phi) is 3.56. The molecule has 4 heteroatoms. The summed E-state index contributed by atoms with van der Waals surface area (Å²) in [5.41, 5.74) is 1.00. The van der Waals surface area contributed by atoms with E-state index in [-0.39, 0.29) is 6.09 Å². The van der Waals surface area contributed by atoms with Gasteiger partial charge in [-0.05, 0) is 19.9 Å². The molecule has 78 valence electrons. The van der Waals surface area contributed by atoms with Crippen molar-refractivity contribution in [2.24, 2.45) is 0 Å². The van der Waals surface area contributed by atoms with Gasteiger partial charge in [-0.25, -0.2) is 4.79 Å². The van der Waals surface area contributed by atoms with Crippen LogP contribution in [0.4, 0.5) is 4.79 Å².